The number of para-hydroxylation sites is 1. The molecule has 27 heavy (non-hydrogen) atoms. The Morgan fingerprint density at radius 2 is 1.96 bits per heavy atom. The Morgan fingerprint density at radius 1 is 1.26 bits per heavy atom. The van der Waals surface area contributed by atoms with E-state index in [0.717, 1.165) is 36.4 Å². The molecule has 0 radical (unpaired) electrons. The molecule has 1 aliphatic rings. The molecule has 0 aliphatic heterocycles. The second-order valence-corrected chi connectivity index (χ2v) is 7.63. The van der Waals surface area contributed by atoms with Gasteiger partial charge in [0.2, 0.25) is 5.91 Å². The summed E-state index contributed by atoms with van der Waals surface area (Å²) in [5.41, 5.74) is 0.00626. The van der Waals surface area contributed by atoms with Crippen molar-refractivity contribution in [1.29, 1.82) is 0 Å². The van der Waals surface area contributed by atoms with Gasteiger partial charge in [0.25, 0.3) is 5.56 Å². The molecule has 0 unspecified atom stereocenters. The molecule has 1 aliphatic carbocycles. The first-order chi connectivity index (χ1) is 12.8. The first kappa shape index (κ1) is 19.5. The quantitative estimate of drug-likeness (QED) is 0.608. The average molecular weight is 397 g/mol. The summed E-state index contributed by atoms with van der Waals surface area (Å²) in [6, 6.07) is 4.80. The van der Waals surface area contributed by atoms with Crippen LogP contribution in [-0.2, 0) is 23.8 Å². The fourth-order valence-electron chi connectivity index (χ4n) is 2.93. The molecule has 1 atom stereocenters. The van der Waals surface area contributed by atoms with Crippen molar-refractivity contribution in [3.05, 3.63) is 51.4 Å². The number of anilines is 1. The molecule has 3 rings (SSSR count). The highest BCUT2D eigenvalue weighted by Crippen LogP contribution is 2.35. The van der Waals surface area contributed by atoms with E-state index in [0.29, 0.717) is 23.6 Å². The van der Waals surface area contributed by atoms with Gasteiger partial charge in [0.15, 0.2) is 5.16 Å². The van der Waals surface area contributed by atoms with Gasteiger partial charge >= 0.3 is 6.18 Å². The Bertz CT molecular complexity index is 911. The van der Waals surface area contributed by atoms with Crippen LogP contribution in [0, 0.1) is 0 Å². The zero-order valence-electron chi connectivity index (χ0n) is 14.5. The van der Waals surface area contributed by atoms with E-state index in [1.165, 1.54) is 18.2 Å². The number of alkyl halides is 3. The highest BCUT2D eigenvalue weighted by Gasteiger charge is 2.34. The summed E-state index contributed by atoms with van der Waals surface area (Å²) in [5.74, 6) is -0.600. The third-order valence-electron chi connectivity index (χ3n) is 4.32. The lowest BCUT2D eigenvalue weighted by molar-refractivity contribution is -0.137. The van der Waals surface area contributed by atoms with Crippen LogP contribution >= 0.6 is 11.8 Å². The number of hydrogen-bond donors (Lipinski definition) is 2. The maximum absolute atomic E-state index is 13.0. The molecular weight excluding hydrogens is 379 g/mol. The van der Waals surface area contributed by atoms with Crippen molar-refractivity contribution in [2.75, 3.05) is 5.32 Å². The molecule has 5 nitrogen and oxygen atoms in total. The van der Waals surface area contributed by atoms with E-state index in [9.17, 15) is 22.8 Å². The minimum absolute atomic E-state index is 0.211. The molecule has 144 valence electrons. The van der Waals surface area contributed by atoms with Crippen molar-refractivity contribution in [2.45, 2.75) is 49.2 Å². The third-order valence-corrected chi connectivity index (χ3v) is 5.30. The molecule has 0 fully saturated rings. The number of aromatic nitrogens is 2. The number of halogens is 3. The minimum atomic E-state index is -4.56. The minimum Gasteiger partial charge on any atom is -0.325 e. The predicted molar refractivity (Wildman–Crippen MR) is 96.9 cm³/mol. The summed E-state index contributed by atoms with van der Waals surface area (Å²) >= 11 is 1.01. The number of carbonyl (C=O) groups excluding carboxylic acids is 1. The zero-order chi connectivity index (χ0) is 19.6. The topological polar surface area (TPSA) is 74.8 Å². The lowest BCUT2D eigenvalue weighted by Crippen LogP contribution is -2.26. The second-order valence-electron chi connectivity index (χ2n) is 6.30. The van der Waals surface area contributed by atoms with Crippen LogP contribution in [0.15, 0.2) is 34.2 Å². The van der Waals surface area contributed by atoms with Crippen LogP contribution in [0.4, 0.5) is 18.9 Å². The molecule has 0 bridgehead atoms. The number of thioether (sulfide) groups is 1. The number of carbonyl (C=O) groups is 1. The lowest BCUT2D eigenvalue weighted by Gasteiger charge is -2.17. The molecule has 2 N–H and O–H groups in total. The van der Waals surface area contributed by atoms with Crippen molar-refractivity contribution in [3.8, 4) is 0 Å². The predicted octanol–water partition coefficient (Wildman–Crippen LogP) is 3.79. The normalized spacial score (nSPS) is 15.1. The van der Waals surface area contributed by atoms with Gasteiger partial charge in [0.05, 0.1) is 22.2 Å². The van der Waals surface area contributed by atoms with E-state index in [4.69, 9.17) is 0 Å². The molecular formula is C18H18F3N3O2S. The Balaban J connectivity index is 1.74. The number of rotatable bonds is 4. The molecule has 0 spiro atoms. The van der Waals surface area contributed by atoms with Gasteiger partial charge in [-0.05, 0) is 44.7 Å². The van der Waals surface area contributed by atoms with Gasteiger partial charge in [-0.3, -0.25) is 9.59 Å². The SMILES string of the molecule is C[C@H](Sc1nc2c(c(=O)[nH]1)CCCC2)C(=O)Nc1ccccc1C(F)(F)F. The highest BCUT2D eigenvalue weighted by molar-refractivity contribution is 8.00. The largest absolute Gasteiger partial charge is 0.418 e. The number of nitrogens with one attached hydrogen (secondary N) is 2. The maximum atomic E-state index is 13.0. The van der Waals surface area contributed by atoms with E-state index in [-0.39, 0.29) is 11.2 Å². The van der Waals surface area contributed by atoms with Crippen LogP contribution in [0.25, 0.3) is 0 Å². The van der Waals surface area contributed by atoms with Gasteiger partial charge in [0, 0.05) is 5.56 Å². The number of aryl methyl sites for hydroxylation is 1. The number of fused-ring (bicyclic) bond motifs is 1. The van der Waals surface area contributed by atoms with Gasteiger partial charge in [-0.1, -0.05) is 23.9 Å². The summed E-state index contributed by atoms with van der Waals surface area (Å²) in [6.07, 6.45) is -1.26. The molecule has 1 aromatic heterocycles. The van der Waals surface area contributed by atoms with Gasteiger partial charge in [-0.15, -0.1) is 0 Å². The molecule has 0 saturated heterocycles. The Kier molecular flexibility index (Phi) is 5.59. The standard InChI is InChI=1S/C18H18F3N3O2S/c1-10(15(25)22-14-9-5-3-7-12(14)18(19,20)21)27-17-23-13-8-4-2-6-11(13)16(26)24-17/h3,5,7,9-10H,2,4,6,8H2,1H3,(H,22,25)(H,23,24,26)/t10-/m0/s1. The molecule has 1 aromatic carbocycles. The van der Waals surface area contributed by atoms with Gasteiger partial charge in [-0.25, -0.2) is 4.98 Å². The maximum Gasteiger partial charge on any atom is 0.418 e. The molecule has 1 amide bonds. The van der Waals surface area contributed by atoms with Crippen molar-refractivity contribution in [1.82, 2.24) is 9.97 Å². The van der Waals surface area contributed by atoms with E-state index >= 15 is 0 Å². The van der Waals surface area contributed by atoms with Gasteiger partial charge in [0.1, 0.15) is 0 Å². The lowest BCUT2D eigenvalue weighted by atomic mass is 9.97. The second kappa shape index (κ2) is 7.75. The summed E-state index contributed by atoms with van der Waals surface area (Å²) in [4.78, 5) is 31.6. The summed E-state index contributed by atoms with van der Waals surface area (Å²) in [5, 5.41) is 1.87. The van der Waals surface area contributed by atoms with Crippen LogP contribution in [0.5, 0.6) is 0 Å². The first-order valence-corrected chi connectivity index (χ1v) is 9.39. The Hall–Kier alpha value is -2.29. The third kappa shape index (κ3) is 4.52. The zero-order valence-corrected chi connectivity index (χ0v) is 15.3. The van der Waals surface area contributed by atoms with Crippen molar-refractivity contribution < 1.29 is 18.0 Å². The Morgan fingerprint density at radius 3 is 2.70 bits per heavy atom. The van der Waals surface area contributed by atoms with E-state index < -0.39 is 22.9 Å². The van der Waals surface area contributed by atoms with Crippen molar-refractivity contribution in [3.63, 3.8) is 0 Å². The first-order valence-electron chi connectivity index (χ1n) is 8.51. The van der Waals surface area contributed by atoms with E-state index in [1.54, 1.807) is 6.92 Å². The van der Waals surface area contributed by atoms with Crippen LogP contribution in [0.2, 0.25) is 0 Å². The van der Waals surface area contributed by atoms with Crippen molar-refractivity contribution >= 4 is 23.4 Å². The van der Waals surface area contributed by atoms with Crippen LogP contribution < -0.4 is 10.9 Å². The molecule has 2 aromatic rings. The van der Waals surface area contributed by atoms with Gasteiger partial charge < -0.3 is 10.3 Å². The smallest absolute Gasteiger partial charge is 0.325 e. The summed E-state index contributed by atoms with van der Waals surface area (Å²) in [6.45, 7) is 1.55. The van der Waals surface area contributed by atoms with E-state index in [1.807, 2.05) is 0 Å². The number of H-pyrrole nitrogens is 1. The monoisotopic (exact) mass is 397 g/mol. The van der Waals surface area contributed by atoms with Crippen LogP contribution in [0.3, 0.4) is 0 Å². The summed E-state index contributed by atoms with van der Waals surface area (Å²) in [7, 11) is 0. The van der Waals surface area contributed by atoms with Crippen molar-refractivity contribution in [2.24, 2.45) is 0 Å². The fourth-order valence-corrected chi connectivity index (χ4v) is 3.75. The van der Waals surface area contributed by atoms with Crippen LogP contribution in [0.1, 0.15) is 36.6 Å². The number of hydrogen-bond acceptors (Lipinski definition) is 4. The van der Waals surface area contributed by atoms with Gasteiger partial charge in [-0.2, -0.15) is 13.2 Å². The molecule has 9 heteroatoms. The molecule has 0 saturated carbocycles. The number of nitrogens with zero attached hydrogens (tertiary/aromatic N) is 1. The number of benzene rings is 1. The number of amides is 1. The van der Waals surface area contributed by atoms with Crippen LogP contribution in [-0.4, -0.2) is 21.1 Å². The van der Waals surface area contributed by atoms with E-state index in [2.05, 4.69) is 15.3 Å². The highest BCUT2D eigenvalue weighted by atomic mass is 32.2. The number of aromatic amines is 1. The molecule has 1 heterocycles. The fraction of sp³-hybridized carbons (Fsp3) is 0.389. The summed E-state index contributed by atoms with van der Waals surface area (Å²) < 4.78 is 39.1. The Labute approximate surface area is 157 Å². The average Bonchev–Trinajstić information content (AvgIpc) is 2.61.